The van der Waals surface area contributed by atoms with Gasteiger partial charge in [0.2, 0.25) is 0 Å². The minimum absolute atomic E-state index is 0.0180. The number of sulfonamides is 1. The van der Waals surface area contributed by atoms with Crippen LogP contribution in [0, 0.1) is 12.7 Å². The van der Waals surface area contributed by atoms with Gasteiger partial charge in [0.05, 0.1) is 29.0 Å². The summed E-state index contributed by atoms with van der Waals surface area (Å²) in [6, 6.07) is 12.5. The average molecular weight is 372 g/mol. The van der Waals surface area contributed by atoms with Crippen LogP contribution < -0.4 is 10.0 Å². The Labute approximate surface area is 151 Å². The Morgan fingerprint density at radius 2 is 1.92 bits per heavy atom. The largest absolute Gasteiger partial charge is 0.378 e. The molecular weight excluding hydrogens is 355 g/mol. The zero-order chi connectivity index (χ0) is 18.6. The number of anilines is 2. The van der Waals surface area contributed by atoms with E-state index in [2.05, 4.69) is 20.0 Å². The van der Waals surface area contributed by atoms with Gasteiger partial charge in [-0.05, 0) is 55.0 Å². The molecule has 3 rings (SSSR count). The van der Waals surface area contributed by atoms with Crippen molar-refractivity contribution in [1.82, 2.24) is 9.97 Å². The lowest BCUT2D eigenvalue weighted by Crippen LogP contribution is -2.14. The van der Waals surface area contributed by atoms with Crippen molar-refractivity contribution in [3.63, 3.8) is 0 Å². The Morgan fingerprint density at radius 1 is 1.08 bits per heavy atom. The van der Waals surface area contributed by atoms with Crippen LogP contribution in [-0.4, -0.2) is 18.4 Å². The van der Waals surface area contributed by atoms with Crippen LogP contribution in [0.15, 0.2) is 65.8 Å². The monoisotopic (exact) mass is 372 g/mol. The van der Waals surface area contributed by atoms with E-state index in [0.29, 0.717) is 6.54 Å². The van der Waals surface area contributed by atoms with Crippen molar-refractivity contribution in [3.8, 4) is 0 Å². The molecule has 0 aliphatic heterocycles. The molecule has 1 aromatic carbocycles. The number of rotatable bonds is 6. The summed E-state index contributed by atoms with van der Waals surface area (Å²) in [6.45, 7) is 2.04. The van der Waals surface area contributed by atoms with Crippen molar-refractivity contribution in [2.75, 3.05) is 10.0 Å². The Balaban J connectivity index is 1.67. The highest BCUT2D eigenvalue weighted by Gasteiger charge is 2.16. The lowest BCUT2D eigenvalue weighted by Gasteiger charge is -2.10. The van der Waals surface area contributed by atoms with Gasteiger partial charge in [-0.15, -0.1) is 0 Å². The first-order valence-corrected chi connectivity index (χ1v) is 9.31. The number of nitrogens with zero attached hydrogens (tertiary/aromatic N) is 2. The van der Waals surface area contributed by atoms with Crippen molar-refractivity contribution >= 4 is 21.5 Å². The number of hydrogen-bond acceptors (Lipinski definition) is 5. The summed E-state index contributed by atoms with van der Waals surface area (Å²) >= 11 is 0. The minimum Gasteiger partial charge on any atom is -0.378 e. The second-order valence-corrected chi connectivity index (χ2v) is 7.31. The van der Waals surface area contributed by atoms with E-state index in [4.69, 9.17) is 0 Å². The summed E-state index contributed by atoms with van der Waals surface area (Å²) < 4.78 is 40.4. The van der Waals surface area contributed by atoms with Gasteiger partial charge in [0, 0.05) is 6.20 Å². The van der Waals surface area contributed by atoms with Gasteiger partial charge in [0.15, 0.2) is 0 Å². The maximum atomic E-state index is 13.3. The number of aromatic nitrogens is 2. The lowest BCUT2D eigenvalue weighted by atomic mass is 10.2. The molecule has 0 saturated carbocycles. The van der Waals surface area contributed by atoms with E-state index in [1.165, 1.54) is 25.3 Å². The lowest BCUT2D eigenvalue weighted by molar-refractivity contribution is 0.598. The summed E-state index contributed by atoms with van der Waals surface area (Å²) in [7, 11) is -3.83. The zero-order valence-corrected chi connectivity index (χ0v) is 14.8. The zero-order valence-electron chi connectivity index (χ0n) is 14.0. The normalized spacial score (nSPS) is 11.2. The van der Waals surface area contributed by atoms with Crippen LogP contribution in [0.4, 0.5) is 15.9 Å². The number of hydrogen-bond donors (Lipinski definition) is 2. The van der Waals surface area contributed by atoms with Crippen LogP contribution in [0.5, 0.6) is 0 Å². The Morgan fingerprint density at radius 3 is 2.58 bits per heavy atom. The van der Waals surface area contributed by atoms with Gasteiger partial charge >= 0.3 is 0 Å². The number of benzene rings is 1. The third-order valence-corrected chi connectivity index (χ3v) is 4.99. The summed E-state index contributed by atoms with van der Waals surface area (Å²) in [6.07, 6.45) is 3.24. The van der Waals surface area contributed by atoms with Crippen molar-refractivity contribution in [1.29, 1.82) is 0 Å². The molecule has 2 aromatic heterocycles. The molecule has 0 saturated heterocycles. The molecule has 8 heteroatoms. The molecule has 0 spiro atoms. The second-order valence-electron chi connectivity index (χ2n) is 5.62. The number of nitrogens with one attached hydrogen (secondary N) is 2. The summed E-state index contributed by atoms with van der Waals surface area (Å²) in [4.78, 5) is 8.28. The molecule has 2 heterocycles. The molecule has 0 aliphatic carbocycles. The predicted octanol–water partition coefficient (Wildman–Crippen LogP) is 3.34. The molecule has 0 aliphatic rings. The van der Waals surface area contributed by atoms with Crippen LogP contribution in [0.2, 0.25) is 0 Å². The van der Waals surface area contributed by atoms with Gasteiger partial charge in [-0.1, -0.05) is 6.07 Å². The molecule has 0 fully saturated rings. The Kier molecular flexibility index (Phi) is 5.13. The maximum Gasteiger partial charge on any atom is 0.263 e. The van der Waals surface area contributed by atoms with Gasteiger partial charge in [-0.25, -0.2) is 17.8 Å². The third-order valence-electron chi connectivity index (χ3n) is 3.64. The van der Waals surface area contributed by atoms with E-state index in [1.54, 1.807) is 18.3 Å². The molecule has 0 unspecified atom stereocenters. The predicted molar refractivity (Wildman–Crippen MR) is 97.7 cm³/mol. The van der Waals surface area contributed by atoms with Gasteiger partial charge in [0.25, 0.3) is 10.0 Å². The second kappa shape index (κ2) is 7.49. The van der Waals surface area contributed by atoms with Crippen LogP contribution in [0.25, 0.3) is 0 Å². The summed E-state index contributed by atoms with van der Waals surface area (Å²) in [5, 5.41) is 3.15. The fraction of sp³-hybridized carbons (Fsp3) is 0.111. The topological polar surface area (TPSA) is 84.0 Å². The molecule has 6 nitrogen and oxygen atoms in total. The standard InChI is InChI=1S/C18H17FN4O2S/c1-13-10-16(6-7-17(13)19)26(24,25)23-18-8-5-15(12-22-18)21-11-14-4-2-3-9-20-14/h2-10,12,21H,11H2,1H3,(H,22,23). The van der Waals surface area contributed by atoms with E-state index in [1.807, 2.05) is 18.2 Å². The van der Waals surface area contributed by atoms with E-state index < -0.39 is 15.8 Å². The molecular formula is C18H17FN4O2S. The van der Waals surface area contributed by atoms with Crippen LogP contribution in [-0.2, 0) is 16.6 Å². The number of halogens is 1. The Bertz CT molecular complexity index is 993. The van der Waals surface area contributed by atoms with Crippen LogP contribution >= 0.6 is 0 Å². The molecule has 0 amide bonds. The SMILES string of the molecule is Cc1cc(S(=O)(=O)Nc2ccc(NCc3ccccn3)cn2)ccc1F. The highest BCUT2D eigenvalue weighted by Crippen LogP contribution is 2.18. The fourth-order valence-electron chi connectivity index (χ4n) is 2.24. The van der Waals surface area contributed by atoms with Gasteiger partial charge in [-0.2, -0.15) is 0 Å². The summed E-state index contributed by atoms with van der Waals surface area (Å²) in [5.41, 5.74) is 1.87. The molecule has 26 heavy (non-hydrogen) atoms. The first kappa shape index (κ1) is 17.8. The van der Waals surface area contributed by atoms with Crippen LogP contribution in [0.1, 0.15) is 11.3 Å². The van der Waals surface area contributed by atoms with E-state index in [0.717, 1.165) is 17.4 Å². The highest BCUT2D eigenvalue weighted by atomic mass is 32.2. The summed E-state index contributed by atoms with van der Waals surface area (Å²) in [5.74, 6) is -0.277. The van der Waals surface area contributed by atoms with Gasteiger partial charge in [0.1, 0.15) is 11.6 Å². The van der Waals surface area contributed by atoms with E-state index >= 15 is 0 Å². The smallest absolute Gasteiger partial charge is 0.263 e. The van der Waals surface area contributed by atoms with Crippen molar-refractivity contribution in [3.05, 3.63) is 78.0 Å². The Hall–Kier alpha value is -3.00. The number of aryl methyl sites for hydroxylation is 1. The molecule has 0 radical (unpaired) electrons. The number of pyridine rings is 2. The van der Waals surface area contributed by atoms with Crippen molar-refractivity contribution in [2.24, 2.45) is 0 Å². The van der Waals surface area contributed by atoms with E-state index in [9.17, 15) is 12.8 Å². The molecule has 134 valence electrons. The minimum atomic E-state index is -3.83. The average Bonchev–Trinajstić information content (AvgIpc) is 2.64. The van der Waals surface area contributed by atoms with Gasteiger partial charge in [-0.3, -0.25) is 9.71 Å². The first-order chi connectivity index (χ1) is 12.4. The first-order valence-electron chi connectivity index (χ1n) is 7.83. The molecule has 3 aromatic rings. The fourth-order valence-corrected chi connectivity index (χ4v) is 3.33. The van der Waals surface area contributed by atoms with Crippen molar-refractivity contribution in [2.45, 2.75) is 18.4 Å². The van der Waals surface area contributed by atoms with Crippen molar-refractivity contribution < 1.29 is 12.8 Å². The van der Waals surface area contributed by atoms with Crippen LogP contribution in [0.3, 0.4) is 0 Å². The van der Waals surface area contributed by atoms with E-state index in [-0.39, 0.29) is 16.3 Å². The van der Waals surface area contributed by atoms with Gasteiger partial charge < -0.3 is 5.32 Å². The molecule has 0 bridgehead atoms. The molecule has 2 N–H and O–H groups in total. The third kappa shape index (κ3) is 4.34. The highest BCUT2D eigenvalue weighted by molar-refractivity contribution is 7.92. The quantitative estimate of drug-likeness (QED) is 0.693. The molecule has 0 atom stereocenters. The maximum absolute atomic E-state index is 13.3.